The minimum absolute atomic E-state index is 0.205. The lowest BCUT2D eigenvalue weighted by Crippen LogP contribution is -2.05. The molecule has 0 heterocycles. The molecule has 1 N–H and O–H groups in total. The smallest absolute Gasteiger partial charge is 0.147 e. The molecule has 0 aliphatic heterocycles. The third kappa shape index (κ3) is 3.66. The fraction of sp³-hybridized carbons (Fsp3) is 0.455. The van der Waals surface area contributed by atoms with E-state index >= 15 is 0 Å². The average Bonchev–Trinajstić information content (AvgIpc) is 2.08. The molecule has 0 radical (unpaired) electrons. The lowest BCUT2D eigenvalue weighted by molar-refractivity contribution is 0.599. The van der Waals surface area contributed by atoms with Crippen LogP contribution in [-0.2, 0) is 0 Å². The van der Waals surface area contributed by atoms with E-state index in [1.165, 1.54) is 6.07 Å². The molecule has 1 nitrogen and oxygen atoms in total. The summed E-state index contributed by atoms with van der Waals surface area (Å²) < 4.78 is 14.1. The molecule has 0 saturated heterocycles. The summed E-state index contributed by atoms with van der Waals surface area (Å²) in [6.07, 6.45) is 1.05. The Morgan fingerprint density at radius 2 is 2.14 bits per heavy atom. The molecule has 0 aliphatic rings. The second-order valence-electron chi connectivity index (χ2n) is 3.73. The first kappa shape index (κ1) is 11.5. The van der Waals surface area contributed by atoms with Gasteiger partial charge in [-0.2, -0.15) is 0 Å². The van der Waals surface area contributed by atoms with Gasteiger partial charge in [0.15, 0.2) is 0 Å². The lowest BCUT2D eigenvalue weighted by atomic mass is 10.1. The van der Waals surface area contributed by atoms with Crippen molar-refractivity contribution in [1.82, 2.24) is 0 Å². The van der Waals surface area contributed by atoms with E-state index in [0.29, 0.717) is 11.6 Å². The molecule has 0 spiro atoms. The summed E-state index contributed by atoms with van der Waals surface area (Å²) in [5, 5.41) is 3.08. The normalized spacial score (nSPS) is 10.6. The first-order chi connectivity index (χ1) is 6.59. The van der Waals surface area contributed by atoms with Crippen molar-refractivity contribution in [2.75, 3.05) is 11.9 Å². The maximum Gasteiger partial charge on any atom is 0.147 e. The van der Waals surface area contributed by atoms with E-state index in [1.54, 1.807) is 6.07 Å². The van der Waals surface area contributed by atoms with Crippen molar-refractivity contribution in [2.45, 2.75) is 20.3 Å². The highest BCUT2D eigenvalue weighted by atomic mass is 79.9. The summed E-state index contributed by atoms with van der Waals surface area (Å²) in [6.45, 7) is 5.12. The predicted octanol–water partition coefficient (Wildman–Crippen LogP) is 4.05. The maximum absolute atomic E-state index is 13.3. The number of rotatable bonds is 4. The minimum atomic E-state index is -0.205. The number of hydrogen-bond donors (Lipinski definition) is 1. The molecule has 0 bridgehead atoms. The second-order valence-corrected chi connectivity index (χ2v) is 4.65. The van der Waals surface area contributed by atoms with Gasteiger partial charge >= 0.3 is 0 Å². The number of nitrogens with one attached hydrogen (secondary N) is 1. The summed E-state index contributed by atoms with van der Waals surface area (Å²) >= 11 is 3.22. The van der Waals surface area contributed by atoms with Gasteiger partial charge in [-0.05, 0) is 30.5 Å². The molecule has 0 atom stereocenters. The van der Waals surface area contributed by atoms with Crippen LogP contribution < -0.4 is 5.32 Å². The van der Waals surface area contributed by atoms with Gasteiger partial charge in [0, 0.05) is 11.0 Å². The molecule has 1 rings (SSSR count). The highest BCUT2D eigenvalue weighted by Crippen LogP contribution is 2.19. The third-order valence-corrected chi connectivity index (χ3v) is 2.46. The zero-order valence-corrected chi connectivity index (χ0v) is 10.1. The van der Waals surface area contributed by atoms with E-state index in [1.807, 2.05) is 6.07 Å². The average molecular weight is 260 g/mol. The van der Waals surface area contributed by atoms with Crippen LogP contribution in [0.3, 0.4) is 0 Å². The standard InChI is InChI=1S/C11H15BrFN/c1-8(2)5-6-14-11-4-3-9(12)7-10(11)13/h3-4,7-8,14H,5-6H2,1-2H3. The van der Waals surface area contributed by atoms with Crippen molar-refractivity contribution in [3.05, 3.63) is 28.5 Å². The SMILES string of the molecule is CC(C)CCNc1ccc(Br)cc1F. The quantitative estimate of drug-likeness (QED) is 0.861. The fourth-order valence-corrected chi connectivity index (χ4v) is 1.46. The van der Waals surface area contributed by atoms with Crippen molar-refractivity contribution >= 4 is 21.6 Å². The van der Waals surface area contributed by atoms with E-state index in [0.717, 1.165) is 17.4 Å². The minimum Gasteiger partial charge on any atom is -0.383 e. The summed E-state index contributed by atoms with van der Waals surface area (Å²) in [5.74, 6) is 0.434. The van der Waals surface area contributed by atoms with Gasteiger partial charge in [0.2, 0.25) is 0 Å². The molecule has 0 saturated carbocycles. The van der Waals surface area contributed by atoms with Crippen molar-refractivity contribution in [3.63, 3.8) is 0 Å². The van der Waals surface area contributed by atoms with Crippen LogP contribution in [0.4, 0.5) is 10.1 Å². The van der Waals surface area contributed by atoms with Crippen molar-refractivity contribution in [3.8, 4) is 0 Å². The van der Waals surface area contributed by atoms with Crippen LogP contribution in [0.2, 0.25) is 0 Å². The zero-order chi connectivity index (χ0) is 10.6. The molecule has 0 amide bonds. The van der Waals surface area contributed by atoms with E-state index in [9.17, 15) is 4.39 Å². The predicted molar refractivity (Wildman–Crippen MR) is 62.0 cm³/mol. The molecule has 0 unspecified atom stereocenters. The third-order valence-electron chi connectivity index (χ3n) is 1.97. The number of halogens is 2. The van der Waals surface area contributed by atoms with Gasteiger partial charge in [0.1, 0.15) is 5.82 Å². The van der Waals surface area contributed by atoms with Gasteiger partial charge in [-0.3, -0.25) is 0 Å². The Kier molecular flexibility index (Phi) is 4.39. The molecule has 0 fully saturated rings. The Balaban J connectivity index is 2.51. The zero-order valence-electron chi connectivity index (χ0n) is 8.48. The molecule has 78 valence electrons. The molecule has 1 aromatic carbocycles. The number of benzene rings is 1. The van der Waals surface area contributed by atoms with Crippen molar-refractivity contribution < 1.29 is 4.39 Å². The van der Waals surface area contributed by atoms with Crippen LogP contribution in [0, 0.1) is 11.7 Å². The molecule has 1 aromatic rings. The van der Waals surface area contributed by atoms with Crippen LogP contribution in [0.15, 0.2) is 22.7 Å². The van der Waals surface area contributed by atoms with E-state index in [-0.39, 0.29) is 5.82 Å². The van der Waals surface area contributed by atoms with Gasteiger partial charge in [0.25, 0.3) is 0 Å². The van der Waals surface area contributed by atoms with Crippen LogP contribution in [-0.4, -0.2) is 6.54 Å². The van der Waals surface area contributed by atoms with Gasteiger partial charge in [0.05, 0.1) is 5.69 Å². The topological polar surface area (TPSA) is 12.0 Å². The molecular weight excluding hydrogens is 245 g/mol. The Hall–Kier alpha value is -0.570. The number of anilines is 1. The first-order valence-corrected chi connectivity index (χ1v) is 5.58. The Labute approximate surface area is 92.8 Å². The van der Waals surface area contributed by atoms with Gasteiger partial charge < -0.3 is 5.32 Å². The van der Waals surface area contributed by atoms with Crippen LogP contribution in [0.1, 0.15) is 20.3 Å². The monoisotopic (exact) mass is 259 g/mol. The van der Waals surface area contributed by atoms with Gasteiger partial charge in [-0.15, -0.1) is 0 Å². The van der Waals surface area contributed by atoms with E-state index in [2.05, 4.69) is 35.1 Å². The molecular formula is C11H15BrFN. The largest absolute Gasteiger partial charge is 0.383 e. The van der Waals surface area contributed by atoms with Crippen molar-refractivity contribution in [2.24, 2.45) is 5.92 Å². The van der Waals surface area contributed by atoms with E-state index < -0.39 is 0 Å². The van der Waals surface area contributed by atoms with E-state index in [4.69, 9.17) is 0 Å². The van der Waals surface area contributed by atoms with Crippen LogP contribution in [0.5, 0.6) is 0 Å². The molecule has 0 aliphatic carbocycles. The molecule has 14 heavy (non-hydrogen) atoms. The van der Waals surface area contributed by atoms with Gasteiger partial charge in [-0.1, -0.05) is 29.8 Å². The second kappa shape index (κ2) is 5.35. The summed E-state index contributed by atoms with van der Waals surface area (Å²) in [4.78, 5) is 0. The summed E-state index contributed by atoms with van der Waals surface area (Å²) in [7, 11) is 0. The Morgan fingerprint density at radius 1 is 1.43 bits per heavy atom. The highest BCUT2D eigenvalue weighted by molar-refractivity contribution is 9.10. The van der Waals surface area contributed by atoms with Crippen molar-refractivity contribution in [1.29, 1.82) is 0 Å². The Morgan fingerprint density at radius 3 is 2.71 bits per heavy atom. The number of hydrogen-bond acceptors (Lipinski definition) is 1. The lowest BCUT2D eigenvalue weighted by Gasteiger charge is -2.09. The van der Waals surface area contributed by atoms with Crippen LogP contribution in [0.25, 0.3) is 0 Å². The fourth-order valence-electron chi connectivity index (χ4n) is 1.13. The highest BCUT2D eigenvalue weighted by Gasteiger charge is 2.01. The molecule has 0 aromatic heterocycles. The summed E-state index contributed by atoms with van der Waals surface area (Å²) in [5.41, 5.74) is 0.578. The molecule has 3 heteroatoms. The van der Waals surface area contributed by atoms with Crippen LogP contribution >= 0.6 is 15.9 Å². The van der Waals surface area contributed by atoms with Gasteiger partial charge in [-0.25, -0.2) is 4.39 Å². The summed E-state index contributed by atoms with van der Waals surface area (Å²) in [6, 6.07) is 5.05. The first-order valence-electron chi connectivity index (χ1n) is 4.78. The maximum atomic E-state index is 13.3. The Bertz CT molecular complexity index is 299.